The van der Waals surface area contributed by atoms with Gasteiger partial charge in [0, 0.05) is 24.5 Å². The van der Waals surface area contributed by atoms with Crippen LogP contribution in [0.25, 0.3) is 0 Å². The molecular formula is C23H19N3O3. The fraction of sp³-hybridized carbons (Fsp3) is 0.130. The lowest BCUT2D eigenvalue weighted by Crippen LogP contribution is -2.29. The summed E-state index contributed by atoms with van der Waals surface area (Å²) in [6.45, 7) is 0.661. The van der Waals surface area contributed by atoms with Gasteiger partial charge in [-0.25, -0.2) is 0 Å². The predicted molar refractivity (Wildman–Crippen MR) is 107 cm³/mol. The Morgan fingerprint density at radius 1 is 0.897 bits per heavy atom. The van der Waals surface area contributed by atoms with Crippen molar-refractivity contribution in [3.8, 4) is 0 Å². The molecule has 144 valence electrons. The Morgan fingerprint density at radius 2 is 1.66 bits per heavy atom. The molecular weight excluding hydrogens is 366 g/mol. The summed E-state index contributed by atoms with van der Waals surface area (Å²) in [6.07, 6.45) is 4.12. The van der Waals surface area contributed by atoms with Crippen LogP contribution in [-0.4, -0.2) is 34.2 Å². The summed E-state index contributed by atoms with van der Waals surface area (Å²) < 4.78 is 0. The van der Waals surface area contributed by atoms with Crippen LogP contribution >= 0.6 is 0 Å². The van der Waals surface area contributed by atoms with Gasteiger partial charge in [0.05, 0.1) is 17.7 Å². The number of carbonyl (C=O) groups excluding carboxylic acids is 3. The van der Waals surface area contributed by atoms with E-state index in [0.717, 1.165) is 11.1 Å². The van der Waals surface area contributed by atoms with Crippen LogP contribution in [0.15, 0.2) is 73.1 Å². The highest BCUT2D eigenvalue weighted by Gasteiger charge is 2.35. The average Bonchev–Trinajstić information content (AvgIpc) is 2.99. The van der Waals surface area contributed by atoms with E-state index < -0.39 is 0 Å². The fourth-order valence-electron chi connectivity index (χ4n) is 3.31. The fourth-order valence-corrected chi connectivity index (χ4v) is 3.31. The maximum Gasteiger partial charge on any atom is 0.261 e. The van der Waals surface area contributed by atoms with Crippen molar-refractivity contribution in [3.05, 3.63) is 101 Å². The van der Waals surface area contributed by atoms with E-state index in [1.165, 1.54) is 11.0 Å². The number of nitrogens with one attached hydrogen (secondary N) is 1. The quantitative estimate of drug-likeness (QED) is 0.662. The van der Waals surface area contributed by atoms with E-state index >= 15 is 0 Å². The van der Waals surface area contributed by atoms with Gasteiger partial charge in [-0.1, -0.05) is 36.4 Å². The topological polar surface area (TPSA) is 79.4 Å². The molecule has 1 aromatic heterocycles. The van der Waals surface area contributed by atoms with E-state index in [0.29, 0.717) is 24.1 Å². The number of nitrogens with zero attached hydrogens (tertiary/aromatic N) is 2. The zero-order valence-electron chi connectivity index (χ0n) is 15.7. The number of benzene rings is 2. The molecule has 29 heavy (non-hydrogen) atoms. The normalized spacial score (nSPS) is 12.8. The van der Waals surface area contributed by atoms with E-state index in [9.17, 15) is 14.4 Å². The minimum Gasteiger partial charge on any atom is -0.352 e. The van der Waals surface area contributed by atoms with Crippen LogP contribution < -0.4 is 5.32 Å². The molecule has 1 aliphatic rings. The van der Waals surface area contributed by atoms with Gasteiger partial charge in [-0.15, -0.1) is 0 Å². The summed E-state index contributed by atoms with van der Waals surface area (Å²) in [5, 5.41) is 2.84. The van der Waals surface area contributed by atoms with Gasteiger partial charge in [0.2, 0.25) is 0 Å². The second-order valence-corrected chi connectivity index (χ2v) is 6.81. The number of amides is 3. The number of imide groups is 1. The molecule has 0 atom stereocenters. The Kier molecular flexibility index (Phi) is 5.16. The highest BCUT2D eigenvalue weighted by Crippen LogP contribution is 2.25. The molecule has 4 rings (SSSR count). The summed E-state index contributed by atoms with van der Waals surface area (Å²) in [5.41, 5.74) is 2.86. The van der Waals surface area contributed by atoms with Gasteiger partial charge in [-0.2, -0.15) is 0 Å². The van der Waals surface area contributed by atoms with Crippen LogP contribution in [0.5, 0.6) is 0 Å². The van der Waals surface area contributed by atoms with E-state index in [-0.39, 0.29) is 29.8 Å². The van der Waals surface area contributed by atoms with E-state index in [1.54, 1.807) is 24.5 Å². The molecule has 0 spiro atoms. The minimum absolute atomic E-state index is 0.208. The zero-order chi connectivity index (χ0) is 20.2. The van der Waals surface area contributed by atoms with Crippen LogP contribution in [0.1, 0.15) is 42.2 Å². The summed E-state index contributed by atoms with van der Waals surface area (Å²) in [5.74, 6) is -0.991. The molecule has 6 nitrogen and oxygen atoms in total. The highest BCUT2D eigenvalue weighted by atomic mass is 16.2. The van der Waals surface area contributed by atoms with E-state index in [1.807, 2.05) is 42.5 Å². The molecule has 3 amide bonds. The van der Waals surface area contributed by atoms with Crippen LogP contribution in [0.4, 0.5) is 0 Å². The third-order valence-corrected chi connectivity index (χ3v) is 4.84. The lowest BCUT2D eigenvalue weighted by Gasteiger charge is -2.13. The Bertz CT molecular complexity index is 1070. The zero-order valence-corrected chi connectivity index (χ0v) is 15.7. The van der Waals surface area contributed by atoms with Crippen molar-refractivity contribution in [3.63, 3.8) is 0 Å². The van der Waals surface area contributed by atoms with Crippen molar-refractivity contribution in [1.82, 2.24) is 15.2 Å². The molecule has 1 aliphatic heterocycles. The van der Waals surface area contributed by atoms with Crippen molar-refractivity contribution in [2.24, 2.45) is 0 Å². The van der Waals surface area contributed by atoms with Gasteiger partial charge in [0.25, 0.3) is 17.7 Å². The van der Waals surface area contributed by atoms with Crippen LogP contribution in [0.2, 0.25) is 0 Å². The van der Waals surface area contributed by atoms with Crippen LogP contribution in [-0.2, 0) is 13.0 Å². The average molecular weight is 385 g/mol. The predicted octanol–water partition coefficient (Wildman–Crippen LogP) is 2.85. The largest absolute Gasteiger partial charge is 0.352 e. The van der Waals surface area contributed by atoms with Gasteiger partial charge in [0.1, 0.15) is 0 Å². The maximum absolute atomic E-state index is 12.8. The SMILES string of the molecule is O=C(NCCc1cccnc1)c1ccc2c(c1)C(=O)N(Cc1ccccc1)C2=O. The van der Waals surface area contributed by atoms with Crippen molar-refractivity contribution in [1.29, 1.82) is 0 Å². The Hall–Kier alpha value is -3.80. The molecule has 0 bridgehead atoms. The van der Waals surface area contributed by atoms with E-state index in [2.05, 4.69) is 10.3 Å². The summed E-state index contributed by atoms with van der Waals surface area (Å²) >= 11 is 0. The van der Waals surface area contributed by atoms with Gasteiger partial charge in [-0.3, -0.25) is 24.3 Å². The summed E-state index contributed by atoms with van der Waals surface area (Å²) in [7, 11) is 0. The van der Waals surface area contributed by atoms with Crippen molar-refractivity contribution in [2.75, 3.05) is 6.54 Å². The van der Waals surface area contributed by atoms with Crippen molar-refractivity contribution >= 4 is 17.7 Å². The molecule has 6 heteroatoms. The van der Waals surface area contributed by atoms with Gasteiger partial charge < -0.3 is 5.32 Å². The lowest BCUT2D eigenvalue weighted by atomic mass is 10.1. The van der Waals surface area contributed by atoms with Gasteiger partial charge >= 0.3 is 0 Å². The molecule has 3 aromatic rings. The van der Waals surface area contributed by atoms with Crippen molar-refractivity contribution in [2.45, 2.75) is 13.0 Å². The molecule has 0 aliphatic carbocycles. The molecule has 0 radical (unpaired) electrons. The standard InChI is InChI=1S/C23H19N3O3/c27-21(25-12-10-16-7-4-11-24-14-16)18-8-9-19-20(13-18)23(29)26(22(19)28)15-17-5-2-1-3-6-17/h1-9,11,13-14H,10,12,15H2,(H,25,27). The summed E-state index contributed by atoms with van der Waals surface area (Å²) in [4.78, 5) is 43.1. The van der Waals surface area contributed by atoms with Crippen LogP contribution in [0.3, 0.4) is 0 Å². The first-order valence-electron chi connectivity index (χ1n) is 9.35. The summed E-state index contributed by atoms with van der Waals surface area (Å²) in [6, 6.07) is 17.8. The molecule has 0 fully saturated rings. The number of hydrogen-bond acceptors (Lipinski definition) is 4. The van der Waals surface area contributed by atoms with E-state index in [4.69, 9.17) is 0 Å². The maximum atomic E-state index is 12.8. The van der Waals surface area contributed by atoms with Crippen LogP contribution in [0, 0.1) is 0 Å². The number of hydrogen-bond donors (Lipinski definition) is 1. The molecule has 0 saturated carbocycles. The second kappa shape index (κ2) is 8.06. The van der Waals surface area contributed by atoms with Gasteiger partial charge in [0.15, 0.2) is 0 Å². The van der Waals surface area contributed by atoms with Crippen molar-refractivity contribution < 1.29 is 14.4 Å². The number of rotatable bonds is 6. The second-order valence-electron chi connectivity index (χ2n) is 6.81. The Balaban J connectivity index is 1.44. The highest BCUT2D eigenvalue weighted by molar-refractivity contribution is 6.22. The first kappa shape index (κ1) is 18.6. The number of pyridine rings is 1. The third kappa shape index (κ3) is 3.91. The molecule has 0 unspecified atom stereocenters. The Labute approximate surface area is 168 Å². The number of aromatic nitrogens is 1. The third-order valence-electron chi connectivity index (χ3n) is 4.84. The Morgan fingerprint density at radius 3 is 2.41 bits per heavy atom. The molecule has 1 N–H and O–H groups in total. The molecule has 0 saturated heterocycles. The monoisotopic (exact) mass is 385 g/mol. The lowest BCUT2D eigenvalue weighted by molar-refractivity contribution is 0.0642. The number of fused-ring (bicyclic) bond motifs is 1. The van der Waals surface area contributed by atoms with Gasteiger partial charge in [-0.05, 0) is 41.8 Å². The molecule has 2 aromatic carbocycles. The molecule has 2 heterocycles. The minimum atomic E-state index is -0.376. The number of carbonyl (C=O) groups is 3. The smallest absolute Gasteiger partial charge is 0.261 e. The first-order valence-corrected chi connectivity index (χ1v) is 9.35. The first-order chi connectivity index (χ1) is 14.1.